The number of hydrogen-bond donors (Lipinski definition) is 2. The molecule has 150 valence electrons. The van der Waals surface area contributed by atoms with Gasteiger partial charge in [-0.05, 0) is 30.7 Å². The van der Waals surface area contributed by atoms with E-state index in [1.165, 1.54) is 11.8 Å². The molecule has 0 atom stereocenters. The van der Waals surface area contributed by atoms with E-state index >= 15 is 0 Å². The fourth-order valence-electron chi connectivity index (χ4n) is 2.42. The number of unbranched alkanes of at least 4 members (excludes halogenated alkanes) is 1. The Bertz CT molecular complexity index is 771. The average Bonchev–Trinajstić information content (AvgIpc) is 2.71. The third-order valence-corrected chi connectivity index (χ3v) is 4.91. The van der Waals surface area contributed by atoms with Crippen LogP contribution in [0.2, 0.25) is 0 Å². The number of methoxy groups -OCH3 is 2. The molecule has 7 heteroatoms. The van der Waals surface area contributed by atoms with E-state index in [9.17, 15) is 9.59 Å². The monoisotopic (exact) mass is 402 g/mol. The number of carbonyl (C=O) groups excluding carboxylic acids is 2. The number of thioether (sulfide) groups is 1. The van der Waals surface area contributed by atoms with Crippen LogP contribution in [-0.2, 0) is 9.59 Å². The summed E-state index contributed by atoms with van der Waals surface area (Å²) in [5, 5.41) is 5.71. The molecule has 0 aliphatic heterocycles. The van der Waals surface area contributed by atoms with Gasteiger partial charge in [-0.15, -0.1) is 11.8 Å². The van der Waals surface area contributed by atoms with E-state index in [0.717, 1.165) is 23.4 Å². The lowest BCUT2D eigenvalue weighted by Crippen LogP contribution is -2.14. The van der Waals surface area contributed by atoms with Gasteiger partial charge in [-0.1, -0.05) is 13.3 Å². The Hall–Kier alpha value is -2.67. The smallest absolute Gasteiger partial charge is 0.234 e. The Morgan fingerprint density at radius 1 is 0.893 bits per heavy atom. The summed E-state index contributed by atoms with van der Waals surface area (Å²) in [6.45, 7) is 2.06. The highest BCUT2D eigenvalue weighted by molar-refractivity contribution is 8.00. The van der Waals surface area contributed by atoms with Gasteiger partial charge in [0.05, 0.1) is 20.0 Å². The van der Waals surface area contributed by atoms with Crippen molar-refractivity contribution in [2.45, 2.75) is 31.1 Å². The van der Waals surface area contributed by atoms with E-state index in [-0.39, 0.29) is 17.6 Å². The summed E-state index contributed by atoms with van der Waals surface area (Å²) in [4.78, 5) is 24.9. The first kappa shape index (κ1) is 21.6. The Morgan fingerprint density at radius 2 is 1.50 bits per heavy atom. The van der Waals surface area contributed by atoms with Gasteiger partial charge >= 0.3 is 0 Å². The number of anilines is 2. The Morgan fingerprint density at radius 3 is 2.07 bits per heavy atom. The Kier molecular flexibility index (Phi) is 8.68. The highest BCUT2D eigenvalue weighted by Gasteiger charge is 2.08. The van der Waals surface area contributed by atoms with Crippen LogP contribution in [0.1, 0.15) is 26.2 Å². The summed E-state index contributed by atoms with van der Waals surface area (Å²) in [5.74, 6) is 1.38. The number of amides is 2. The number of ether oxygens (including phenoxy) is 2. The average molecular weight is 403 g/mol. The van der Waals surface area contributed by atoms with Crippen LogP contribution in [0.3, 0.4) is 0 Å². The summed E-state index contributed by atoms with van der Waals surface area (Å²) in [5.41, 5.74) is 1.38. The van der Waals surface area contributed by atoms with Gasteiger partial charge in [0.25, 0.3) is 0 Å². The van der Waals surface area contributed by atoms with Gasteiger partial charge in [-0.25, -0.2) is 0 Å². The van der Waals surface area contributed by atoms with Gasteiger partial charge in [-0.3, -0.25) is 9.59 Å². The first-order valence-electron chi connectivity index (χ1n) is 9.09. The summed E-state index contributed by atoms with van der Waals surface area (Å²) < 4.78 is 10.4. The molecule has 0 radical (unpaired) electrons. The topological polar surface area (TPSA) is 76.7 Å². The van der Waals surface area contributed by atoms with Crippen molar-refractivity contribution in [2.75, 3.05) is 30.6 Å². The summed E-state index contributed by atoms with van der Waals surface area (Å²) in [7, 11) is 3.12. The SMILES string of the molecule is CCCCC(=O)Nc1ccc(SCC(=O)Nc2cc(OC)cc(OC)c2)cc1. The van der Waals surface area contributed by atoms with Crippen LogP contribution in [0.15, 0.2) is 47.4 Å². The minimum atomic E-state index is -0.128. The molecule has 0 aliphatic rings. The van der Waals surface area contributed by atoms with Crippen molar-refractivity contribution in [3.05, 3.63) is 42.5 Å². The molecular formula is C21H26N2O4S. The van der Waals surface area contributed by atoms with Crippen LogP contribution >= 0.6 is 11.8 Å². The minimum Gasteiger partial charge on any atom is -0.497 e. The van der Waals surface area contributed by atoms with E-state index in [1.54, 1.807) is 32.4 Å². The van der Waals surface area contributed by atoms with Crippen LogP contribution in [0.4, 0.5) is 11.4 Å². The third kappa shape index (κ3) is 7.15. The molecule has 2 aromatic rings. The largest absolute Gasteiger partial charge is 0.497 e. The quantitative estimate of drug-likeness (QED) is 0.570. The molecule has 0 aromatic heterocycles. The third-order valence-electron chi connectivity index (χ3n) is 3.90. The number of rotatable bonds is 10. The lowest BCUT2D eigenvalue weighted by Gasteiger charge is -2.10. The normalized spacial score (nSPS) is 10.2. The Balaban J connectivity index is 1.85. The highest BCUT2D eigenvalue weighted by Crippen LogP contribution is 2.26. The number of benzene rings is 2. The molecule has 6 nitrogen and oxygen atoms in total. The second-order valence-electron chi connectivity index (χ2n) is 6.11. The first-order chi connectivity index (χ1) is 13.5. The zero-order chi connectivity index (χ0) is 20.4. The van der Waals surface area contributed by atoms with Crippen molar-refractivity contribution in [3.8, 4) is 11.5 Å². The van der Waals surface area contributed by atoms with Crippen LogP contribution in [0.5, 0.6) is 11.5 Å². The lowest BCUT2D eigenvalue weighted by molar-refractivity contribution is -0.116. The van der Waals surface area contributed by atoms with E-state index in [2.05, 4.69) is 17.6 Å². The van der Waals surface area contributed by atoms with E-state index in [4.69, 9.17) is 9.47 Å². The van der Waals surface area contributed by atoms with Crippen LogP contribution in [0, 0.1) is 0 Å². The van der Waals surface area contributed by atoms with Gasteiger partial charge in [0.2, 0.25) is 11.8 Å². The molecule has 0 saturated carbocycles. The van der Waals surface area contributed by atoms with Gasteiger partial charge < -0.3 is 20.1 Å². The molecule has 2 aromatic carbocycles. The summed E-state index contributed by atoms with van der Waals surface area (Å²) in [6.07, 6.45) is 2.41. The standard InChI is InChI=1S/C21H26N2O4S/c1-4-5-6-20(24)22-15-7-9-19(10-8-15)28-14-21(25)23-16-11-17(26-2)13-18(12-16)27-3/h7-13H,4-6,14H2,1-3H3,(H,22,24)(H,23,25). The van der Waals surface area contributed by atoms with Crippen molar-refractivity contribution in [1.82, 2.24) is 0 Å². The summed E-state index contributed by atoms with van der Waals surface area (Å²) in [6, 6.07) is 12.7. The van der Waals surface area contributed by atoms with Crippen molar-refractivity contribution in [3.63, 3.8) is 0 Å². The van der Waals surface area contributed by atoms with Crippen LogP contribution < -0.4 is 20.1 Å². The van der Waals surface area contributed by atoms with Crippen LogP contribution in [0.25, 0.3) is 0 Å². The predicted molar refractivity (Wildman–Crippen MR) is 113 cm³/mol. The molecule has 0 heterocycles. The van der Waals surface area contributed by atoms with E-state index in [0.29, 0.717) is 23.6 Å². The predicted octanol–water partition coefficient (Wildman–Crippen LogP) is 4.56. The van der Waals surface area contributed by atoms with Crippen molar-refractivity contribution in [2.24, 2.45) is 0 Å². The molecule has 2 N–H and O–H groups in total. The molecular weight excluding hydrogens is 376 g/mol. The molecule has 0 saturated heterocycles. The lowest BCUT2D eigenvalue weighted by atomic mass is 10.2. The first-order valence-corrected chi connectivity index (χ1v) is 10.1. The molecule has 2 rings (SSSR count). The molecule has 0 spiro atoms. The maximum Gasteiger partial charge on any atom is 0.234 e. The second-order valence-corrected chi connectivity index (χ2v) is 7.16. The zero-order valence-electron chi connectivity index (χ0n) is 16.4. The van der Waals surface area contributed by atoms with Crippen molar-refractivity contribution in [1.29, 1.82) is 0 Å². The molecule has 0 unspecified atom stereocenters. The van der Waals surface area contributed by atoms with Crippen molar-refractivity contribution < 1.29 is 19.1 Å². The number of carbonyl (C=O) groups is 2. The second kappa shape index (κ2) is 11.2. The number of nitrogens with one attached hydrogen (secondary N) is 2. The highest BCUT2D eigenvalue weighted by atomic mass is 32.2. The van der Waals surface area contributed by atoms with Crippen molar-refractivity contribution >= 4 is 35.0 Å². The Labute approximate surface area is 170 Å². The molecule has 28 heavy (non-hydrogen) atoms. The maximum absolute atomic E-state index is 12.2. The van der Waals surface area contributed by atoms with Gasteiger partial charge in [0.15, 0.2) is 0 Å². The molecule has 0 bridgehead atoms. The van der Waals surface area contributed by atoms with Crippen LogP contribution in [-0.4, -0.2) is 31.8 Å². The zero-order valence-corrected chi connectivity index (χ0v) is 17.2. The maximum atomic E-state index is 12.2. The molecule has 2 amide bonds. The van der Waals surface area contributed by atoms with Gasteiger partial charge in [-0.2, -0.15) is 0 Å². The minimum absolute atomic E-state index is 0.0235. The van der Waals surface area contributed by atoms with E-state index in [1.807, 2.05) is 24.3 Å². The van der Waals surface area contributed by atoms with E-state index < -0.39 is 0 Å². The summed E-state index contributed by atoms with van der Waals surface area (Å²) >= 11 is 1.42. The fraction of sp³-hybridized carbons (Fsp3) is 0.333. The molecule has 0 fully saturated rings. The molecule has 0 aliphatic carbocycles. The van der Waals surface area contributed by atoms with Gasteiger partial charge in [0.1, 0.15) is 11.5 Å². The number of hydrogen-bond acceptors (Lipinski definition) is 5. The fourth-order valence-corrected chi connectivity index (χ4v) is 3.12. The van der Waals surface area contributed by atoms with Gasteiger partial charge in [0, 0.05) is 40.9 Å².